The van der Waals surface area contributed by atoms with Crippen molar-refractivity contribution in [2.24, 2.45) is 5.92 Å². The quantitative estimate of drug-likeness (QED) is 0.639. The van der Waals surface area contributed by atoms with Crippen molar-refractivity contribution in [3.8, 4) is 0 Å². The largest absolute Gasteiger partial charge is 0.394 e. The molecule has 0 spiro atoms. The summed E-state index contributed by atoms with van der Waals surface area (Å²) in [6, 6.07) is 5.24. The first-order valence-electron chi connectivity index (χ1n) is 11.8. The standard InChI is InChI=1S/C25H33N3O5/c1-17(7-5-10-23(31)28-14-6-8-19(28)16-29)25(33)20-15-18(27-13-4-3-9-22(27)30)11-12-21(20)26(2)24(25)32/h5,7,11-12,15,17,19,29,33H,3-4,6,8-10,13-14,16H2,1-2H3/b7-5+/t17-,19+,25+/m1/s1. The molecule has 2 N–H and O–H groups in total. The number of hydrogen-bond acceptors (Lipinski definition) is 5. The molecule has 2 fully saturated rings. The van der Waals surface area contributed by atoms with Crippen LogP contribution < -0.4 is 9.80 Å². The third-order valence-corrected chi connectivity index (χ3v) is 7.30. The average Bonchev–Trinajstić information content (AvgIpc) is 3.37. The molecule has 3 atom stereocenters. The summed E-state index contributed by atoms with van der Waals surface area (Å²) in [6.45, 7) is 2.99. The van der Waals surface area contributed by atoms with E-state index in [2.05, 4.69) is 0 Å². The highest BCUT2D eigenvalue weighted by atomic mass is 16.3. The number of likely N-dealkylation sites (N-methyl/N-ethyl adjacent to an activating group) is 1. The van der Waals surface area contributed by atoms with Gasteiger partial charge in [-0.15, -0.1) is 0 Å². The molecule has 1 aromatic carbocycles. The van der Waals surface area contributed by atoms with Gasteiger partial charge in [0.15, 0.2) is 5.60 Å². The molecule has 4 rings (SSSR count). The van der Waals surface area contributed by atoms with Crippen LogP contribution in [0, 0.1) is 5.92 Å². The third kappa shape index (κ3) is 4.06. The number of aliphatic hydroxyl groups excluding tert-OH is 1. The van der Waals surface area contributed by atoms with Gasteiger partial charge in [0.05, 0.1) is 18.3 Å². The van der Waals surface area contributed by atoms with Crippen LogP contribution in [0.15, 0.2) is 30.4 Å². The molecule has 0 bridgehead atoms. The number of amides is 3. The van der Waals surface area contributed by atoms with Crippen molar-refractivity contribution in [1.29, 1.82) is 0 Å². The summed E-state index contributed by atoms with van der Waals surface area (Å²) >= 11 is 0. The maximum Gasteiger partial charge on any atom is 0.264 e. The van der Waals surface area contributed by atoms with Crippen LogP contribution in [-0.2, 0) is 20.0 Å². The lowest BCUT2D eigenvalue weighted by Gasteiger charge is -2.30. The van der Waals surface area contributed by atoms with E-state index in [1.807, 2.05) is 6.07 Å². The molecule has 8 nitrogen and oxygen atoms in total. The van der Waals surface area contributed by atoms with Crippen molar-refractivity contribution in [3.63, 3.8) is 0 Å². The van der Waals surface area contributed by atoms with Gasteiger partial charge in [0, 0.05) is 50.1 Å². The van der Waals surface area contributed by atoms with E-state index in [-0.39, 0.29) is 30.9 Å². The molecule has 1 aromatic rings. The lowest BCUT2D eigenvalue weighted by Crippen LogP contribution is -2.43. The van der Waals surface area contributed by atoms with Crippen molar-refractivity contribution in [2.75, 3.05) is 36.5 Å². The van der Waals surface area contributed by atoms with Crippen LogP contribution in [0.5, 0.6) is 0 Å². The summed E-state index contributed by atoms with van der Waals surface area (Å²) in [5.41, 5.74) is 0.0132. The number of benzene rings is 1. The number of fused-ring (bicyclic) bond motifs is 1. The number of hydrogen-bond donors (Lipinski definition) is 2. The lowest BCUT2D eigenvalue weighted by molar-refractivity contribution is -0.139. The SMILES string of the molecule is C[C@H](/C=C/CC(=O)N1CCC[C@H]1CO)[C@@]1(O)C(=O)N(C)c2ccc(N3CCCCC3=O)cc21. The second-order valence-corrected chi connectivity index (χ2v) is 9.32. The summed E-state index contributed by atoms with van der Waals surface area (Å²) < 4.78 is 0. The van der Waals surface area contributed by atoms with E-state index in [9.17, 15) is 24.6 Å². The molecule has 8 heteroatoms. The Balaban J connectivity index is 1.55. The zero-order chi connectivity index (χ0) is 23.8. The number of anilines is 2. The highest BCUT2D eigenvalue weighted by Gasteiger charge is 2.51. The van der Waals surface area contributed by atoms with Gasteiger partial charge < -0.3 is 24.9 Å². The lowest BCUT2D eigenvalue weighted by atomic mass is 9.82. The molecule has 3 aliphatic heterocycles. The summed E-state index contributed by atoms with van der Waals surface area (Å²) in [6.07, 6.45) is 7.55. The van der Waals surface area contributed by atoms with Crippen LogP contribution in [0.1, 0.15) is 51.0 Å². The third-order valence-electron chi connectivity index (χ3n) is 7.30. The van der Waals surface area contributed by atoms with Crippen LogP contribution in [0.2, 0.25) is 0 Å². The van der Waals surface area contributed by atoms with Crippen molar-refractivity contribution in [2.45, 2.75) is 57.1 Å². The van der Waals surface area contributed by atoms with Crippen LogP contribution in [0.3, 0.4) is 0 Å². The Morgan fingerprint density at radius 1 is 1.24 bits per heavy atom. The van der Waals surface area contributed by atoms with Crippen LogP contribution in [0.25, 0.3) is 0 Å². The molecule has 3 heterocycles. The van der Waals surface area contributed by atoms with Crippen molar-refractivity contribution < 1.29 is 24.6 Å². The fourth-order valence-corrected chi connectivity index (χ4v) is 5.27. The fourth-order valence-electron chi connectivity index (χ4n) is 5.27. The Morgan fingerprint density at radius 3 is 2.76 bits per heavy atom. The van der Waals surface area contributed by atoms with Gasteiger partial charge in [0.1, 0.15) is 0 Å². The molecular formula is C25H33N3O5. The normalized spacial score (nSPS) is 26.4. The number of nitrogens with zero attached hydrogens (tertiary/aromatic N) is 3. The summed E-state index contributed by atoms with van der Waals surface area (Å²) in [4.78, 5) is 42.9. The van der Waals surface area contributed by atoms with Crippen molar-refractivity contribution in [3.05, 3.63) is 35.9 Å². The van der Waals surface area contributed by atoms with Gasteiger partial charge in [-0.25, -0.2) is 0 Å². The van der Waals surface area contributed by atoms with Crippen molar-refractivity contribution in [1.82, 2.24) is 4.90 Å². The van der Waals surface area contributed by atoms with Gasteiger partial charge in [-0.2, -0.15) is 0 Å². The van der Waals surface area contributed by atoms with Gasteiger partial charge in [0.2, 0.25) is 11.8 Å². The monoisotopic (exact) mass is 455 g/mol. The minimum Gasteiger partial charge on any atom is -0.394 e. The molecule has 2 saturated heterocycles. The molecule has 0 aliphatic carbocycles. The Hall–Kier alpha value is -2.71. The van der Waals surface area contributed by atoms with Gasteiger partial charge in [0.25, 0.3) is 5.91 Å². The first-order chi connectivity index (χ1) is 15.8. The number of carbonyl (C=O) groups is 3. The van der Waals surface area contributed by atoms with Gasteiger partial charge >= 0.3 is 0 Å². The van der Waals surface area contributed by atoms with E-state index in [1.54, 1.807) is 48.1 Å². The Morgan fingerprint density at radius 2 is 2.03 bits per heavy atom. The van der Waals surface area contributed by atoms with Crippen LogP contribution in [-0.4, -0.2) is 65.6 Å². The fraction of sp³-hybridized carbons (Fsp3) is 0.560. The second kappa shape index (κ2) is 9.27. The number of aliphatic hydroxyl groups is 2. The van der Waals surface area contributed by atoms with Crippen LogP contribution >= 0.6 is 0 Å². The number of piperidine rings is 1. The molecule has 0 unspecified atom stereocenters. The van der Waals surface area contributed by atoms with E-state index < -0.39 is 17.4 Å². The molecule has 3 amide bonds. The van der Waals surface area contributed by atoms with E-state index >= 15 is 0 Å². The average molecular weight is 456 g/mol. The summed E-state index contributed by atoms with van der Waals surface area (Å²) in [7, 11) is 1.63. The predicted molar refractivity (Wildman–Crippen MR) is 125 cm³/mol. The molecule has 3 aliphatic rings. The second-order valence-electron chi connectivity index (χ2n) is 9.32. The Bertz CT molecular complexity index is 977. The van der Waals surface area contributed by atoms with Crippen LogP contribution in [0.4, 0.5) is 11.4 Å². The van der Waals surface area contributed by atoms with Crippen molar-refractivity contribution >= 4 is 29.1 Å². The Labute approximate surface area is 194 Å². The van der Waals surface area contributed by atoms with Gasteiger partial charge in [-0.05, 0) is 43.9 Å². The van der Waals surface area contributed by atoms with E-state index in [0.717, 1.165) is 25.7 Å². The van der Waals surface area contributed by atoms with Gasteiger partial charge in [-0.3, -0.25) is 14.4 Å². The number of carbonyl (C=O) groups excluding carboxylic acids is 3. The Kier molecular flexibility index (Phi) is 6.59. The van der Waals surface area contributed by atoms with E-state index in [0.29, 0.717) is 36.4 Å². The van der Waals surface area contributed by atoms with E-state index in [1.165, 1.54) is 4.90 Å². The molecule has 178 valence electrons. The molecule has 0 radical (unpaired) electrons. The minimum atomic E-state index is -1.78. The molecular weight excluding hydrogens is 422 g/mol. The van der Waals surface area contributed by atoms with E-state index in [4.69, 9.17) is 0 Å². The van der Waals surface area contributed by atoms with Gasteiger partial charge in [-0.1, -0.05) is 19.1 Å². The summed E-state index contributed by atoms with van der Waals surface area (Å²) in [5, 5.41) is 21.1. The molecule has 0 aromatic heterocycles. The topological polar surface area (TPSA) is 101 Å². The maximum atomic E-state index is 13.1. The summed E-state index contributed by atoms with van der Waals surface area (Å²) in [5.74, 6) is -1.02. The number of rotatable bonds is 6. The predicted octanol–water partition coefficient (Wildman–Crippen LogP) is 1.93. The first kappa shape index (κ1) is 23.4. The first-order valence-corrected chi connectivity index (χ1v) is 11.8. The zero-order valence-electron chi connectivity index (χ0n) is 19.4. The molecule has 33 heavy (non-hydrogen) atoms. The zero-order valence-corrected chi connectivity index (χ0v) is 19.4. The molecule has 0 saturated carbocycles. The highest BCUT2D eigenvalue weighted by molar-refractivity contribution is 6.07. The highest BCUT2D eigenvalue weighted by Crippen LogP contribution is 2.46. The maximum absolute atomic E-state index is 13.1. The minimum absolute atomic E-state index is 0.0366. The number of likely N-dealkylation sites (tertiary alicyclic amines) is 1. The smallest absolute Gasteiger partial charge is 0.264 e.